The molecule has 184 valence electrons. The summed E-state index contributed by atoms with van der Waals surface area (Å²) in [4.78, 5) is 32.5. The summed E-state index contributed by atoms with van der Waals surface area (Å²) in [5.74, 6) is 0.780. The average molecular weight is 508 g/mol. The Kier molecular flexibility index (Phi) is 6.77. The molecule has 1 atom stereocenters. The van der Waals surface area contributed by atoms with Crippen LogP contribution in [0, 0.1) is 5.82 Å². The molecule has 1 saturated heterocycles. The number of nitrogens with one attached hydrogen (secondary N) is 1. The summed E-state index contributed by atoms with van der Waals surface area (Å²) < 4.78 is 29.6. The number of methoxy groups -OCH3 is 1. The van der Waals surface area contributed by atoms with Crippen molar-refractivity contribution >= 4 is 40.1 Å². The number of benzene rings is 3. The van der Waals surface area contributed by atoms with E-state index in [2.05, 4.69) is 10.3 Å². The zero-order chi connectivity index (χ0) is 25.1. The van der Waals surface area contributed by atoms with E-state index in [1.807, 2.05) is 12.1 Å². The van der Waals surface area contributed by atoms with Crippen LogP contribution in [0.15, 0.2) is 71.7 Å². The van der Waals surface area contributed by atoms with Crippen LogP contribution in [0.2, 0.25) is 0 Å². The zero-order valence-corrected chi connectivity index (χ0v) is 20.1. The number of para-hydroxylation sites is 2. The first-order valence-electron chi connectivity index (χ1n) is 11.1. The predicted molar refractivity (Wildman–Crippen MR) is 134 cm³/mol. The van der Waals surface area contributed by atoms with Crippen LogP contribution in [0.5, 0.6) is 17.2 Å². The average Bonchev–Trinajstić information content (AvgIpc) is 3.35. The van der Waals surface area contributed by atoms with Crippen LogP contribution in [-0.4, -0.2) is 41.0 Å². The van der Waals surface area contributed by atoms with E-state index in [9.17, 15) is 14.0 Å². The number of fused-ring (bicyclic) bond motifs is 1. The van der Waals surface area contributed by atoms with E-state index in [1.54, 1.807) is 30.3 Å². The van der Waals surface area contributed by atoms with Gasteiger partial charge < -0.3 is 19.5 Å². The van der Waals surface area contributed by atoms with Crippen molar-refractivity contribution < 1.29 is 28.2 Å². The largest absolute Gasteiger partial charge is 0.495 e. The molecule has 0 saturated carbocycles. The Balaban J connectivity index is 1.41. The lowest BCUT2D eigenvalue weighted by Crippen LogP contribution is -2.44. The molecule has 0 bridgehead atoms. The Morgan fingerprint density at radius 1 is 1.14 bits per heavy atom. The second-order valence-corrected chi connectivity index (χ2v) is 9.21. The van der Waals surface area contributed by atoms with Gasteiger partial charge in [0.1, 0.15) is 16.8 Å². The van der Waals surface area contributed by atoms with E-state index in [0.717, 1.165) is 5.56 Å². The van der Waals surface area contributed by atoms with Crippen LogP contribution in [0.3, 0.4) is 0 Å². The van der Waals surface area contributed by atoms with Crippen molar-refractivity contribution in [2.75, 3.05) is 19.2 Å². The number of amides is 2. The number of carbonyl (C=O) groups excluding carboxylic acids is 2. The van der Waals surface area contributed by atoms with Crippen LogP contribution >= 0.6 is 11.8 Å². The van der Waals surface area contributed by atoms with Crippen molar-refractivity contribution in [3.05, 3.63) is 78.1 Å². The molecule has 2 heterocycles. The lowest BCUT2D eigenvalue weighted by molar-refractivity contribution is -0.129. The van der Waals surface area contributed by atoms with E-state index in [-0.39, 0.29) is 31.6 Å². The summed E-state index contributed by atoms with van der Waals surface area (Å²) >= 11 is 1.18. The van der Waals surface area contributed by atoms with E-state index >= 15 is 0 Å². The highest BCUT2D eigenvalue weighted by Crippen LogP contribution is 2.35. The van der Waals surface area contributed by atoms with Crippen molar-refractivity contribution in [2.24, 2.45) is 4.99 Å². The maximum absolute atomic E-state index is 13.4. The molecule has 2 aliphatic rings. The third-order valence-corrected chi connectivity index (χ3v) is 6.81. The maximum Gasteiger partial charge on any atom is 0.238 e. The second-order valence-electron chi connectivity index (χ2n) is 8.04. The SMILES string of the molecule is COc1ccccc1NC(=O)C1CC(=O)N(Cc2ccc3c(c2)OCO3)C(=Nc2ccc(F)cc2)S1. The van der Waals surface area contributed by atoms with E-state index < -0.39 is 11.1 Å². The van der Waals surface area contributed by atoms with Gasteiger partial charge in [-0.3, -0.25) is 14.5 Å². The number of amidine groups is 1. The molecule has 0 spiro atoms. The molecule has 1 N–H and O–H groups in total. The second kappa shape index (κ2) is 10.3. The number of thioether (sulfide) groups is 1. The number of rotatable bonds is 6. The molecule has 10 heteroatoms. The minimum Gasteiger partial charge on any atom is -0.495 e. The number of hydrogen-bond donors (Lipinski definition) is 1. The van der Waals surface area contributed by atoms with Crippen molar-refractivity contribution in [3.8, 4) is 17.2 Å². The van der Waals surface area contributed by atoms with E-state index in [4.69, 9.17) is 14.2 Å². The zero-order valence-electron chi connectivity index (χ0n) is 19.3. The Bertz CT molecular complexity index is 1330. The van der Waals surface area contributed by atoms with Crippen molar-refractivity contribution in [3.63, 3.8) is 0 Å². The third kappa shape index (κ3) is 5.13. The van der Waals surface area contributed by atoms with E-state index in [1.165, 1.54) is 48.0 Å². The van der Waals surface area contributed by atoms with Gasteiger partial charge in [-0.1, -0.05) is 30.0 Å². The highest BCUT2D eigenvalue weighted by molar-refractivity contribution is 8.15. The predicted octanol–water partition coefficient (Wildman–Crippen LogP) is 4.72. The number of ether oxygens (including phenoxy) is 3. The molecular formula is C26H22FN3O5S. The van der Waals surface area contributed by atoms with Gasteiger partial charge in [0.05, 0.1) is 25.0 Å². The molecule has 1 unspecified atom stereocenters. The minimum atomic E-state index is -0.713. The third-order valence-electron chi connectivity index (χ3n) is 5.63. The van der Waals surface area contributed by atoms with Crippen LogP contribution in [-0.2, 0) is 16.1 Å². The van der Waals surface area contributed by atoms with Gasteiger partial charge in [0, 0.05) is 6.42 Å². The number of halogens is 1. The highest BCUT2D eigenvalue weighted by Gasteiger charge is 2.36. The van der Waals surface area contributed by atoms with Gasteiger partial charge in [0.15, 0.2) is 16.7 Å². The van der Waals surface area contributed by atoms with Crippen LogP contribution in [0.25, 0.3) is 0 Å². The normalized spacial score (nSPS) is 17.8. The molecule has 2 amide bonds. The molecule has 0 radical (unpaired) electrons. The summed E-state index contributed by atoms with van der Waals surface area (Å²) in [6.45, 7) is 0.376. The maximum atomic E-state index is 13.4. The Hall–Kier alpha value is -4.05. The van der Waals surface area contributed by atoms with Gasteiger partial charge >= 0.3 is 0 Å². The fourth-order valence-electron chi connectivity index (χ4n) is 3.81. The van der Waals surface area contributed by atoms with Gasteiger partial charge in [-0.2, -0.15) is 0 Å². The number of nitrogens with zero attached hydrogens (tertiary/aromatic N) is 2. The van der Waals surface area contributed by atoms with Crippen LogP contribution in [0.1, 0.15) is 12.0 Å². The minimum absolute atomic E-state index is 0.0152. The highest BCUT2D eigenvalue weighted by atomic mass is 32.2. The Morgan fingerprint density at radius 3 is 2.72 bits per heavy atom. The molecular weight excluding hydrogens is 485 g/mol. The molecule has 8 nitrogen and oxygen atoms in total. The topological polar surface area (TPSA) is 89.5 Å². The van der Waals surface area contributed by atoms with Gasteiger partial charge in [-0.05, 0) is 54.1 Å². The van der Waals surface area contributed by atoms with Crippen LogP contribution in [0.4, 0.5) is 15.8 Å². The molecule has 0 aliphatic carbocycles. The summed E-state index contributed by atoms with van der Waals surface area (Å²) in [6, 6.07) is 18.1. The molecule has 1 fully saturated rings. The number of hydrogen-bond acceptors (Lipinski definition) is 7. The van der Waals surface area contributed by atoms with Gasteiger partial charge in [0.25, 0.3) is 0 Å². The first-order valence-corrected chi connectivity index (χ1v) is 12.0. The number of carbonyl (C=O) groups is 2. The van der Waals surface area contributed by atoms with Crippen LogP contribution < -0.4 is 19.5 Å². The lowest BCUT2D eigenvalue weighted by Gasteiger charge is -2.32. The van der Waals surface area contributed by atoms with Crippen molar-refractivity contribution in [1.29, 1.82) is 0 Å². The lowest BCUT2D eigenvalue weighted by atomic mass is 10.1. The van der Waals surface area contributed by atoms with Gasteiger partial charge in [-0.15, -0.1) is 0 Å². The monoisotopic (exact) mass is 507 g/mol. The standard InChI is InChI=1S/C26H22FN3O5S/c1-33-20-5-3-2-4-19(20)29-25(32)23-13-24(31)30(14-16-6-11-21-22(12-16)35-15-34-21)26(36-23)28-18-9-7-17(27)8-10-18/h2-12,23H,13-15H2,1H3,(H,29,32). The molecule has 5 rings (SSSR count). The Morgan fingerprint density at radius 2 is 1.92 bits per heavy atom. The number of aliphatic imine (C=N–C) groups is 1. The summed E-state index contributed by atoms with van der Waals surface area (Å²) in [5.41, 5.74) is 1.79. The molecule has 3 aromatic carbocycles. The molecule has 0 aromatic heterocycles. The van der Waals surface area contributed by atoms with Gasteiger partial charge in [-0.25, -0.2) is 9.38 Å². The van der Waals surface area contributed by atoms with E-state index in [0.29, 0.717) is 33.8 Å². The first-order chi connectivity index (χ1) is 17.5. The van der Waals surface area contributed by atoms with Gasteiger partial charge in [0.2, 0.25) is 18.6 Å². The summed E-state index contributed by atoms with van der Waals surface area (Å²) in [7, 11) is 1.52. The Labute approximate surface area is 211 Å². The number of anilines is 1. The molecule has 2 aliphatic heterocycles. The fraction of sp³-hybridized carbons (Fsp3) is 0.192. The fourth-order valence-corrected chi connectivity index (χ4v) is 4.90. The molecule has 36 heavy (non-hydrogen) atoms. The first kappa shape index (κ1) is 23.7. The quantitative estimate of drug-likeness (QED) is 0.519. The summed E-state index contributed by atoms with van der Waals surface area (Å²) in [6.07, 6.45) is -0.0152. The molecule has 3 aromatic rings. The summed E-state index contributed by atoms with van der Waals surface area (Å²) in [5, 5.41) is 2.48. The van der Waals surface area contributed by atoms with Crippen molar-refractivity contribution in [2.45, 2.75) is 18.2 Å². The smallest absolute Gasteiger partial charge is 0.238 e. The van der Waals surface area contributed by atoms with Crippen molar-refractivity contribution in [1.82, 2.24) is 4.90 Å².